The highest BCUT2D eigenvalue weighted by molar-refractivity contribution is 5.56. The fourth-order valence-electron chi connectivity index (χ4n) is 3.32. The van der Waals surface area contributed by atoms with Crippen LogP contribution in [0.5, 0.6) is 0 Å². The molecule has 3 rings (SSSR count). The lowest BCUT2D eigenvalue weighted by Gasteiger charge is -2.25. The number of hydrogen-bond acceptors (Lipinski definition) is 3. The summed E-state index contributed by atoms with van der Waals surface area (Å²) in [6, 6.07) is 3.72. The van der Waals surface area contributed by atoms with Gasteiger partial charge in [0.2, 0.25) is 11.7 Å². The average molecular weight is 306 g/mol. The number of halogens is 2. The fourth-order valence-corrected chi connectivity index (χ4v) is 3.32. The van der Waals surface area contributed by atoms with Crippen molar-refractivity contribution in [1.29, 1.82) is 0 Å². The summed E-state index contributed by atoms with van der Waals surface area (Å²) in [6.07, 6.45) is 6.81. The highest BCUT2D eigenvalue weighted by atomic mass is 19.1. The predicted molar refractivity (Wildman–Crippen MR) is 79.3 cm³/mol. The number of benzene rings is 1. The van der Waals surface area contributed by atoms with Gasteiger partial charge in [-0.2, -0.15) is 4.98 Å². The molecule has 0 N–H and O–H groups in total. The molecule has 0 amide bonds. The molecule has 0 radical (unpaired) electrons. The van der Waals surface area contributed by atoms with Crippen LogP contribution in [-0.2, 0) is 0 Å². The van der Waals surface area contributed by atoms with Crippen LogP contribution in [0.25, 0.3) is 11.4 Å². The van der Waals surface area contributed by atoms with Crippen LogP contribution in [-0.4, -0.2) is 10.1 Å². The monoisotopic (exact) mass is 306 g/mol. The van der Waals surface area contributed by atoms with Crippen LogP contribution in [0, 0.1) is 17.6 Å². The first kappa shape index (κ1) is 15.1. The maximum atomic E-state index is 13.8. The summed E-state index contributed by atoms with van der Waals surface area (Å²) in [4.78, 5) is 4.24. The van der Waals surface area contributed by atoms with E-state index < -0.39 is 11.6 Å². The van der Waals surface area contributed by atoms with E-state index >= 15 is 0 Å². The Balaban J connectivity index is 1.75. The van der Waals surface area contributed by atoms with E-state index in [9.17, 15) is 8.78 Å². The van der Waals surface area contributed by atoms with E-state index in [0.717, 1.165) is 31.6 Å². The Morgan fingerprint density at radius 1 is 1.14 bits per heavy atom. The molecule has 1 heterocycles. The average Bonchev–Trinajstić information content (AvgIpc) is 2.98. The molecule has 0 saturated heterocycles. The summed E-state index contributed by atoms with van der Waals surface area (Å²) < 4.78 is 32.8. The van der Waals surface area contributed by atoms with Crippen LogP contribution in [0.4, 0.5) is 8.78 Å². The van der Waals surface area contributed by atoms with Crippen molar-refractivity contribution >= 4 is 0 Å². The molecule has 1 aliphatic rings. The predicted octanol–water partition coefficient (Wildman–Crippen LogP) is 5.09. The molecule has 0 bridgehead atoms. The second-order valence-electron chi connectivity index (χ2n) is 6.06. The molecule has 0 unspecified atom stereocenters. The third-order valence-electron chi connectivity index (χ3n) is 4.52. The summed E-state index contributed by atoms with van der Waals surface area (Å²) >= 11 is 0. The Hall–Kier alpha value is -1.78. The van der Waals surface area contributed by atoms with E-state index in [-0.39, 0.29) is 17.3 Å². The summed E-state index contributed by atoms with van der Waals surface area (Å²) in [7, 11) is 0. The maximum Gasteiger partial charge on any atom is 0.230 e. The number of rotatable bonds is 4. The zero-order valence-electron chi connectivity index (χ0n) is 12.7. The van der Waals surface area contributed by atoms with E-state index in [0.29, 0.717) is 5.89 Å². The second-order valence-corrected chi connectivity index (χ2v) is 6.06. The largest absolute Gasteiger partial charge is 0.339 e. The topological polar surface area (TPSA) is 38.9 Å². The van der Waals surface area contributed by atoms with Gasteiger partial charge in [-0.05, 0) is 43.7 Å². The van der Waals surface area contributed by atoms with Gasteiger partial charge in [-0.25, -0.2) is 8.78 Å². The van der Waals surface area contributed by atoms with Gasteiger partial charge in [0.15, 0.2) is 0 Å². The van der Waals surface area contributed by atoms with Gasteiger partial charge in [-0.1, -0.05) is 31.0 Å². The van der Waals surface area contributed by atoms with Crippen LogP contribution in [0.1, 0.15) is 57.3 Å². The maximum absolute atomic E-state index is 13.8. The van der Waals surface area contributed by atoms with Gasteiger partial charge in [0.05, 0.1) is 5.56 Å². The van der Waals surface area contributed by atoms with E-state index in [1.807, 2.05) is 0 Å². The molecule has 1 aromatic heterocycles. The van der Waals surface area contributed by atoms with Crippen molar-refractivity contribution in [2.75, 3.05) is 0 Å². The molecule has 1 aliphatic carbocycles. The summed E-state index contributed by atoms with van der Waals surface area (Å²) in [6.45, 7) is 2.21. The zero-order chi connectivity index (χ0) is 15.5. The number of nitrogens with zero attached hydrogens (tertiary/aromatic N) is 2. The number of aromatic nitrogens is 2. The molecule has 22 heavy (non-hydrogen) atoms. The lowest BCUT2D eigenvalue weighted by atomic mass is 9.80. The van der Waals surface area contributed by atoms with Gasteiger partial charge >= 0.3 is 0 Å². The fraction of sp³-hybridized carbons (Fsp3) is 0.529. The minimum Gasteiger partial charge on any atom is -0.339 e. The second kappa shape index (κ2) is 6.55. The van der Waals surface area contributed by atoms with Crippen LogP contribution < -0.4 is 0 Å². The minimum absolute atomic E-state index is 0.00119. The van der Waals surface area contributed by atoms with Crippen molar-refractivity contribution in [2.24, 2.45) is 5.92 Å². The van der Waals surface area contributed by atoms with Gasteiger partial charge in [0, 0.05) is 5.92 Å². The zero-order valence-corrected chi connectivity index (χ0v) is 12.7. The number of hydrogen-bond donors (Lipinski definition) is 0. The van der Waals surface area contributed by atoms with Gasteiger partial charge in [-0.15, -0.1) is 0 Å². The van der Waals surface area contributed by atoms with Crippen molar-refractivity contribution in [3.63, 3.8) is 0 Å². The summed E-state index contributed by atoms with van der Waals surface area (Å²) in [5.41, 5.74) is -0.211. The Morgan fingerprint density at radius 3 is 2.45 bits per heavy atom. The van der Waals surface area contributed by atoms with Crippen LogP contribution in [0.3, 0.4) is 0 Å². The first-order valence-corrected chi connectivity index (χ1v) is 7.97. The van der Waals surface area contributed by atoms with Gasteiger partial charge in [0.25, 0.3) is 0 Å². The van der Waals surface area contributed by atoms with Crippen molar-refractivity contribution in [1.82, 2.24) is 10.1 Å². The molecular formula is C17H20F2N2O. The molecule has 118 valence electrons. The molecule has 0 atom stereocenters. The quantitative estimate of drug-likeness (QED) is 0.790. The normalized spacial score (nSPS) is 22.0. The Bertz CT molecular complexity index is 613. The standard InChI is InChI=1S/C17H20F2N2O/c1-2-4-11-7-9-12(10-8-11)17-20-16(21-22-17)15-13(18)5-3-6-14(15)19/h3,5-6,11-12H,2,4,7-10H2,1H3. The molecule has 3 nitrogen and oxygen atoms in total. The molecule has 1 fully saturated rings. The van der Waals surface area contributed by atoms with Gasteiger partial charge < -0.3 is 4.52 Å². The van der Waals surface area contributed by atoms with Crippen molar-refractivity contribution in [3.8, 4) is 11.4 Å². The van der Waals surface area contributed by atoms with Gasteiger partial charge in [-0.3, -0.25) is 0 Å². The van der Waals surface area contributed by atoms with Crippen LogP contribution in [0.2, 0.25) is 0 Å². The third kappa shape index (κ3) is 3.03. The Kier molecular flexibility index (Phi) is 4.50. The molecule has 1 saturated carbocycles. The van der Waals surface area contributed by atoms with E-state index in [4.69, 9.17) is 4.52 Å². The van der Waals surface area contributed by atoms with Crippen LogP contribution in [0.15, 0.2) is 22.7 Å². The first-order valence-electron chi connectivity index (χ1n) is 7.97. The SMILES string of the molecule is CCCC1CCC(c2nc(-c3c(F)cccc3F)no2)CC1. The van der Waals surface area contributed by atoms with E-state index in [1.54, 1.807) is 0 Å². The lowest BCUT2D eigenvalue weighted by molar-refractivity contribution is 0.262. The highest BCUT2D eigenvalue weighted by Gasteiger charge is 2.27. The van der Waals surface area contributed by atoms with Crippen LogP contribution >= 0.6 is 0 Å². The van der Waals surface area contributed by atoms with E-state index in [2.05, 4.69) is 17.1 Å². The molecular weight excluding hydrogens is 286 g/mol. The molecule has 1 aromatic carbocycles. The molecule has 5 heteroatoms. The smallest absolute Gasteiger partial charge is 0.230 e. The van der Waals surface area contributed by atoms with Crippen molar-refractivity contribution in [3.05, 3.63) is 35.7 Å². The van der Waals surface area contributed by atoms with Gasteiger partial charge in [0.1, 0.15) is 11.6 Å². The van der Waals surface area contributed by atoms with E-state index in [1.165, 1.54) is 31.0 Å². The molecule has 0 spiro atoms. The summed E-state index contributed by atoms with van der Waals surface area (Å²) in [5, 5.41) is 3.77. The Labute approximate surface area is 128 Å². The Morgan fingerprint density at radius 2 is 1.82 bits per heavy atom. The van der Waals surface area contributed by atoms with Crippen molar-refractivity contribution < 1.29 is 13.3 Å². The lowest BCUT2D eigenvalue weighted by Crippen LogP contribution is -2.13. The molecule has 2 aromatic rings. The minimum atomic E-state index is -0.668. The highest BCUT2D eigenvalue weighted by Crippen LogP contribution is 2.37. The molecule has 0 aliphatic heterocycles. The first-order chi connectivity index (χ1) is 10.7. The third-order valence-corrected chi connectivity index (χ3v) is 4.52. The van der Waals surface area contributed by atoms with Crippen molar-refractivity contribution in [2.45, 2.75) is 51.4 Å². The summed E-state index contributed by atoms with van der Waals surface area (Å²) in [5.74, 6) is 0.170.